The molecule has 0 aliphatic rings. The zero-order chi connectivity index (χ0) is 15.4. The van der Waals surface area contributed by atoms with Gasteiger partial charge in [0.15, 0.2) is 5.13 Å². The number of hydrogen-bond acceptors (Lipinski definition) is 6. The molecule has 0 spiro atoms. The predicted molar refractivity (Wildman–Crippen MR) is 88.0 cm³/mol. The maximum Gasteiger partial charge on any atom is 0.227 e. The van der Waals surface area contributed by atoms with Crippen molar-refractivity contribution in [3.63, 3.8) is 0 Å². The highest BCUT2D eigenvalue weighted by molar-refractivity contribution is 7.13. The molecular weight excluding hydrogens is 304 g/mol. The predicted octanol–water partition coefficient (Wildman–Crippen LogP) is 3.24. The lowest BCUT2D eigenvalue weighted by Crippen LogP contribution is -2.27. The zero-order valence-corrected chi connectivity index (χ0v) is 14.3. The summed E-state index contributed by atoms with van der Waals surface area (Å²) in [6, 6.07) is 0.211. The number of carbonyl (C=O) groups is 1. The Morgan fingerprint density at radius 1 is 1.48 bits per heavy atom. The highest BCUT2D eigenvalue weighted by atomic mass is 32.1. The lowest BCUT2D eigenvalue weighted by Gasteiger charge is -2.23. The van der Waals surface area contributed by atoms with E-state index in [1.54, 1.807) is 17.5 Å². The molecule has 1 amide bonds. The number of amides is 1. The molecule has 0 aliphatic carbocycles. The van der Waals surface area contributed by atoms with E-state index in [1.165, 1.54) is 16.2 Å². The summed E-state index contributed by atoms with van der Waals surface area (Å²) in [4.78, 5) is 23.9. The van der Waals surface area contributed by atoms with Gasteiger partial charge in [-0.15, -0.1) is 22.7 Å². The Hall–Kier alpha value is -1.31. The zero-order valence-electron chi connectivity index (χ0n) is 12.7. The molecule has 1 N–H and O–H groups in total. The summed E-state index contributed by atoms with van der Waals surface area (Å²) in [5.41, 5.74) is 1.11. The number of thiazole rings is 2. The van der Waals surface area contributed by atoms with Crippen LogP contribution in [-0.2, 0) is 4.79 Å². The molecule has 0 bridgehead atoms. The molecule has 0 fully saturated rings. The normalized spacial score (nSPS) is 12.6. The SMILES string of the molecule is Cc1nc([C@@H](C)N(C)CCC(=O)Nc2nccs2)c(C)s1. The van der Waals surface area contributed by atoms with Crippen molar-refractivity contribution < 1.29 is 4.79 Å². The number of nitrogens with one attached hydrogen (secondary N) is 1. The molecule has 7 heteroatoms. The summed E-state index contributed by atoms with van der Waals surface area (Å²) in [6.45, 7) is 6.93. The molecular formula is C14H20N4OS2. The molecule has 2 heterocycles. The number of aromatic nitrogens is 2. The molecule has 0 aliphatic heterocycles. The van der Waals surface area contributed by atoms with Crippen molar-refractivity contribution in [2.24, 2.45) is 0 Å². The third-order valence-corrected chi connectivity index (χ3v) is 4.96. The van der Waals surface area contributed by atoms with Crippen LogP contribution in [0.2, 0.25) is 0 Å². The summed E-state index contributed by atoms with van der Waals surface area (Å²) in [5.74, 6) is -0.00446. The molecule has 0 radical (unpaired) electrons. The Kier molecular flexibility index (Phi) is 5.44. The average Bonchev–Trinajstić information content (AvgIpc) is 3.04. The van der Waals surface area contributed by atoms with E-state index in [-0.39, 0.29) is 11.9 Å². The van der Waals surface area contributed by atoms with Crippen LogP contribution in [0, 0.1) is 13.8 Å². The van der Waals surface area contributed by atoms with Gasteiger partial charge in [0.05, 0.1) is 16.7 Å². The summed E-state index contributed by atoms with van der Waals surface area (Å²) >= 11 is 3.15. The van der Waals surface area contributed by atoms with Gasteiger partial charge in [-0.2, -0.15) is 0 Å². The molecule has 0 aromatic carbocycles. The van der Waals surface area contributed by atoms with Gasteiger partial charge in [0, 0.05) is 29.4 Å². The quantitative estimate of drug-likeness (QED) is 0.886. The Morgan fingerprint density at radius 2 is 2.24 bits per heavy atom. The third-order valence-electron chi connectivity index (χ3n) is 3.37. The van der Waals surface area contributed by atoms with Gasteiger partial charge >= 0.3 is 0 Å². The van der Waals surface area contributed by atoms with Crippen molar-refractivity contribution >= 4 is 33.7 Å². The molecule has 0 saturated heterocycles. The first-order chi connectivity index (χ1) is 9.97. The van der Waals surface area contributed by atoms with E-state index in [0.29, 0.717) is 18.1 Å². The first-order valence-electron chi connectivity index (χ1n) is 6.81. The van der Waals surface area contributed by atoms with E-state index in [4.69, 9.17) is 0 Å². The highest BCUT2D eigenvalue weighted by Crippen LogP contribution is 2.26. The minimum Gasteiger partial charge on any atom is -0.302 e. The van der Waals surface area contributed by atoms with Crippen LogP contribution in [0.25, 0.3) is 0 Å². The molecule has 0 unspecified atom stereocenters. The molecule has 1 atom stereocenters. The van der Waals surface area contributed by atoms with Crippen LogP contribution >= 0.6 is 22.7 Å². The van der Waals surface area contributed by atoms with Gasteiger partial charge in [-0.3, -0.25) is 9.69 Å². The Balaban J connectivity index is 1.85. The van der Waals surface area contributed by atoms with Gasteiger partial charge in [0.2, 0.25) is 5.91 Å². The van der Waals surface area contributed by atoms with Crippen molar-refractivity contribution in [2.45, 2.75) is 33.2 Å². The maximum atomic E-state index is 11.9. The average molecular weight is 324 g/mol. The van der Waals surface area contributed by atoms with Crippen LogP contribution in [0.1, 0.15) is 35.0 Å². The van der Waals surface area contributed by atoms with Gasteiger partial charge in [0.1, 0.15) is 0 Å². The Bertz CT molecular complexity index is 594. The fourth-order valence-corrected chi connectivity index (χ4v) is 3.53. The van der Waals surface area contributed by atoms with Crippen molar-refractivity contribution in [1.29, 1.82) is 0 Å². The number of anilines is 1. The van der Waals surface area contributed by atoms with E-state index in [0.717, 1.165) is 10.7 Å². The lowest BCUT2D eigenvalue weighted by atomic mass is 10.2. The molecule has 21 heavy (non-hydrogen) atoms. The van der Waals surface area contributed by atoms with Crippen LogP contribution in [0.4, 0.5) is 5.13 Å². The maximum absolute atomic E-state index is 11.9. The lowest BCUT2D eigenvalue weighted by molar-refractivity contribution is -0.116. The second kappa shape index (κ2) is 7.11. The van der Waals surface area contributed by atoms with Crippen LogP contribution in [0.15, 0.2) is 11.6 Å². The monoisotopic (exact) mass is 324 g/mol. The van der Waals surface area contributed by atoms with Gasteiger partial charge in [-0.05, 0) is 27.8 Å². The molecule has 0 saturated carbocycles. The smallest absolute Gasteiger partial charge is 0.227 e. The molecule has 114 valence electrons. The molecule has 2 aromatic rings. The first kappa shape index (κ1) is 16.1. The number of nitrogens with zero attached hydrogens (tertiary/aromatic N) is 3. The standard InChI is InChI=1S/C14H20N4OS2/c1-9(13-10(2)21-11(3)16-13)18(4)7-5-12(19)17-14-15-6-8-20-14/h6,8-9H,5,7H2,1-4H3,(H,15,17,19)/t9-/m1/s1. The summed E-state index contributed by atoms with van der Waals surface area (Å²) in [5, 5.41) is 6.39. The highest BCUT2D eigenvalue weighted by Gasteiger charge is 2.18. The third kappa shape index (κ3) is 4.33. The van der Waals surface area contributed by atoms with Crippen LogP contribution in [0.5, 0.6) is 0 Å². The van der Waals surface area contributed by atoms with E-state index in [2.05, 4.69) is 34.0 Å². The Labute approximate surface area is 133 Å². The first-order valence-corrected chi connectivity index (χ1v) is 8.50. The van der Waals surface area contributed by atoms with Crippen LogP contribution < -0.4 is 5.32 Å². The van der Waals surface area contributed by atoms with E-state index >= 15 is 0 Å². The molecule has 5 nitrogen and oxygen atoms in total. The second-order valence-corrected chi connectivity index (χ2v) is 7.27. The Morgan fingerprint density at radius 3 is 2.81 bits per heavy atom. The van der Waals surface area contributed by atoms with E-state index < -0.39 is 0 Å². The fraction of sp³-hybridized carbons (Fsp3) is 0.500. The van der Waals surface area contributed by atoms with Gasteiger partial charge in [-0.1, -0.05) is 0 Å². The number of carbonyl (C=O) groups excluding carboxylic acids is 1. The van der Waals surface area contributed by atoms with E-state index in [1.807, 2.05) is 19.4 Å². The fourth-order valence-electron chi connectivity index (χ4n) is 2.08. The minimum atomic E-state index is -0.00446. The van der Waals surface area contributed by atoms with Crippen molar-refractivity contribution in [3.8, 4) is 0 Å². The summed E-state index contributed by atoms with van der Waals surface area (Å²) in [6.07, 6.45) is 2.13. The van der Waals surface area contributed by atoms with Gasteiger partial charge < -0.3 is 5.32 Å². The van der Waals surface area contributed by atoms with Crippen molar-refractivity contribution in [3.05, 3.63) is 27.2 Å². The largest absolute Gasteiger partial charge is 0.302 e. The van der Waals surface area contributed by atoms with Crippen molar-refractivity contribution in [1.82, 2.24) is 14.9 Å². The minimum absolute atomic E-state index is 0.00446. The number of aryl methyl sites for hydroxylation is 2. The van der Waals surface area contributed by atoms with Gasteiger partial charge in [-0.25, -0.2) is 9.97 Å². The van der Waals surface area contributed by atoms with Gasteiger partial charge in [0.25, 0.3) is 0 Å². The number of hydrogen-bond donors (Lipinski definition) is 1. The summed E-state index contributed by atoms with van der Waals surface area (Å²) < 4.78 is 0. The van der Waals surface area contributed by atoms with Crippen molar-refractivity contribution in [2.75, 3.05) is 18.9 Å². The number of rotatable bonds is 6. The topological polar surface area (TPSA) is 58.1 Å². The van der Waals surface area contributed by atoms with Crippen LogP contribution in [0.3, 0.4) is 0 Å². The molecule has 2 rings (SSSR count). The van der Waals surface area contributed by atoms with Crippen LogP contribution in [-0.4, -0.2) is 34.4 Å². The van der Waals surface area contributed by atoms with E-state index in [9.17, 15) is 4.79 Å². The molecule has 2 aromatic heterocycles. The summed E-state index contributed by atoms with van der Waals surface area (Å²) in [7, 11) is 2.02. The second-order valence-electron chi connectivity index (χ2n) is 4.97.